The molecule has 0 bridgehead atoms. The van der Waals surface area contributed by atoms with E-state index in [1.165, 1.54) is 18.5 Å². The van der Waals surface area contributed by atoms with Crippen molar-refractivity contribution in [3.63, 3.8) is 0 Å². The molecular formula is C17H12ClFN4. The molecule has 0 spiro atoms. The smallest absolute Gasteiger partial charge is 0.226 e. The van der Waals surface area contributed by atoms with Crippen LogP contribution >= 0.6 is 11.6 Å². The predicted octanol–water partition coefficient (Wildman–Crippen LogP) is 4.13. The van der Waals surface area contributed by atoms with E-state index in [1.54, 1.807) is 16.8 Å². The summed E-state index contributed by atoms with van der Waals surface area (Å²) in [4.78, 5) is 4.24. The Bertz CT molecular complexity index is 868. The highest BCUT2D eigenvalue weighted by Gasteiger charge is 2.23. The molecule has 0 aliphatic carbocycles. The Morgan fingerprint density at radius 2 is 1.78 bits per heavy atom. The van der Waals surface area contributed by atoms with Crippen LogP contribution in [0.4, 0.5) is 10.3 Å². The fourth-order valence-electron chi connectivity index (χ4n) is 2.63. The number of nitrogens with one attached hydrogen (secondary N) is 1. The topological polar surface area (TPSA) is 42.7 Å². The van der Waals surface area contributed by atoms with Gasteiger partial charge in [0.05, 0.1) is 0 Å². The van der Waals surface area contributed by atoms with Crippen molar-refractivity contribution in [2.75, 3.05) is 5.32 Å². The van der Waals surface area contributed by atoms with Gasteiger partial charge in [-0.15, -0.1) is 0 Å². The number of hydrogen-bond acceptors (Lipinski definition) is 3. The molecule has 0 saturated heterocycles. The van der Waals surface area contributed by atoms with Gasteiger partial charge in [-0.25, -0.2) is 9.07 Å². The van der Waals surface area contributed by atoms with Gasteiger partial charge in [0.15, 0.2) is 0 Å². The normalized spacial score (nSPS) is 16.4. The van der Waals surface area contributed by atoms with Gasteiger partial charge in [-0.2, -0.15) is 10.1 Å². The third-order valence-electron chi connectivity index (χ3n) is 3.77. The zero-order valence-corrected chi connectivity index (χ0v) is 12.7. The number of fused-ring (bicyclic) bond motifs is 1. The molecular weight excluding hydrogens is 315 g/mol. The molecule has 1 aliphatic heterocycles. The average molecular weight is 327 g/mol. The Kier molecular flexibility index (Phi) is 3.35. The molecule has 4 rings (SSSR count). The Morgan fingerprint density at radius 3 is 2.52 bits per heavy atom. The largest absolute Gasteiger partial charge is 0.324 e. The molecule has 1 N–H and O–H groups in total. The van der Waals surface area contributed by atoms with Crippen LogP contribution in [0, 0.1) is 5.82 Å². The van der Waals surface area contributed by atoms with Crippen LogP contribution in [0.1, 0.15) is 17.2 Å². The summed E-state index contributed by atoms with van der Waals surface area (Å²) in [6.45, 7) is 0. The standard InChI is InChI=1S/C17H12ClFN4/c18-13-5-1-11(2-6-13)15-9-16(12-3-7-14(19)8-4-12)23-17(22-15)20-10-21-23/h1-10,16H,(H,20,21,22)/t16-/m1/s1. The van der Waals surface area contributed by atoms with Crippen molar-refractivity contribution >= 4 is 23.2 Å². The number of anilines is 1. The summed E-state index contributed by atoms with van der Waals surface area (Å²) in [6, 6.07) is 13.8. The first-order valence-corrected chi connectivity index (χ1v) is 7.48. The van der Waals surface area contributed by atoms with Gasteiger partial charge in [0.25, 0.3) is 0 Å². The lowest BCUT2D eigenvalue weighted by molar-refractivity contribution is 0.603. The van der Waals surface area contributed by atoms with E-state index in [4.69, 9.17) is 11.6 Å². The fraction of sp³-hybridized carbons (Fsp3) is 0.0588. The molecule has 1 atom stereocenters. The van der Waals surface area contributed by atoms with Crippen LogP contribution in [-0.4, -0.2) is 14.8 Å². The molecule has 4 nitrogen and oxygen atoms in total. The summed E-state index contributed by atoms with van der Waals surface area (Å²) < 4.78 is 15.0. The molecule has 2 heterocycles. The number of hydrogen-bond donors (Lipinski definition) is 1. The van der Waals surface area contributed by atoms with Crippen LogP contribution in [0.5, 0.6) is 0 Å². The van der Waals surface area contributed by atoms with E-state index >= 15 is 0 Å². The lowest BCUT2D eigenvalue weighted by Gasteiger charge is -2.24. The molecule has 0 amide bonds. The molecule has 1 aliphatic rings. The Labute approximate surface area is 137 Å². The first kappa shape index (κ1) is 14.0. The highest BCUT2D eigenvalue weighted by atomic mass is 35.5. The van der Waals surface area contributed by atoms with Crippen molar-refractivity contribution in [3.05, 3.63) is 82.9 Å². The maximum Gasteiger partial charge on any atom is 0.226 e. The van der Waals surface area contributed by atoms with Gasteiger partial charge in [0.2, 0.25) is 5.95 Å². The van der Waals surface area contributed by atoms with Gasteiger partial charge >= 0.3 is 0 Å². The van der Waals surface area contributed by atoms with Gasteiger partial charge in [0, 0.05) is 10.7 Å². The molecule has 0 unspecified atom stereocenters. The third-order valence-corrected chi connectivity index (χ3v) is 4.03. The van der Waals surface area contributed by atoms with Crippen LogP contribution in [0.3, 0.4) is 0 Å². The van der Waals surface area contributed by atoms with E-state index in [-0.39, 0.29) is 11.9 Å². The summed E-state index contributed by atoms with van der Waals surface area (Å²) in [5, 5.41) is 8.20. The lowest BCUT2D eigenvalue weighted by Crippen LogP contribution is -2.20. The Hall–Kier alpha value is -2.66. The van der Waals surface area contributed by atoms with Crippen LogP contribution in [0.25, 0.3) is 5.70 Å². The molecule has 6 heteroatoms. The number of halogens is 2. The molecule has 2 aromatic carbocycles. The van der Waals surface area contributed by atoms with Gasteiger partial charge in [-0.3, -0.25) is 0 Å². The minimum atomic E-state index is -0.261. The number of nitrogens with zero attached hydrogens (tertiary/aromatic N) is 3. The summed E-state index contributed by atoms with van der Waals surface area (Å²) in [5.74, 6) is 0.384. The molecule has 0 radical (unpaired) electrons. The quantitative estimate of drug-likeness (QED) is 0.770. The van der Waals surface area contributed by atoms with Gasteiger partial charge in [0.1, 0.15) is 18.2 Å². The second-order valence-corrected chi connectivity index (χ2v) is 5.67. The maximum atomic E-state index is 13.2. The minimum absolute atomic E-state index is 0.153. The molecule has 114 valence electrons. The number of rotatable bonds is 2. The van der Waals surface area contributed by atoms with Crippen LogP contribution in [0.2, 0.25) is 5.02 Å². The second kappa shape index (κ2) is 5.52. The van der Waals surface area contributed by atoms with Crippen LogP contribution in [0.15, 0.2) is 60.9 Å². The highest BCUT2D eigenvalue weighted by Crippen LogP contribution is 2.32. The fourth-order valence-corrected chi connectivity index (χ4v) is 2.75. The first-order valence-electron chi connectivity index (χ1n) is 7.10. The van der Waals surface area contributed by atoms with Crippen LogP contribution < -0.4 is 5.32 Å². The maximum absolute atomic E-state index is 13.2. The highest BCUT2D eigenvalue weighted by molar-refractivity contribution is 6.30. The molecule has 0 saturated carbocycles. The molecule has 23 heavy (non-hydrogen) atoms. The van der Waals surface area contributed by atoms with Gasteiger partial charge < -0.3 is 5.32 Å². The predicted molar refractivity (Wildman–Crippen MR) is 87.6 cm³/mol. The SMILES string of the molecule is Fc1ccc([C@H]2C=C(c3ccc(Cl)cc3)Nc3ncnn32)cc1. The monoisotopic (exact) mass is 326 g/mol. The zero-order chi connectivity index (χ0) is 15.8. The van der Waals surface area contributed by atoms with E-state index in [9.17, 15) is 4.39 Å². The van der Waals surface area contributed by atoms with E-state index in [0.717, 1.165) is 16.8 Å². The summed E-state index contributed by atoms with van der Waals surface area (Å²) in [7, 11) is 0. The Balaban J connectivity index is 1.79. The van der Waals surface area contributed by atoms with E-state index in [2.05, 4.69) is 15.4 Å². The van der Waals surface area contributed by atoms with Crippen molar-refractivity contribution < 1.29 is 4.39 Å². The lowest BCUT2D eigenvalue weighted by atomic mass is 10.0. The van der Waals surface area contributed by atoms with Crippen molar-refractivity contribution in [2.45, 2.75) is 6.04 Å². The first-order chi connectivity index (χ1) is 11.2. The van der Waals surface area contributed by atoms with E-state index < -0.39 is 0 Å². The second-order valence-electron chi connectivity index (χ2n) is 5.24. The number of aromatic nitrogens is 3. The van der Waals surface area contributed by atoms with Gasteiger partial charge in [-0.05, 0) is 41.5 Å². The van der Waals surface area contributed by atoms with Crippen LogP contribution in [-0.2, 0) is 0 Å². The van der Waals surface area contributed by atoms with Crippen molar-refractivity contribution in [1.82, 2.24) is 14.8 Å². The summed E-state index contributed by atoms with van der Waals surface area (Å²) in [5.41, 5.74) is 2.85. The molecule has 1 aromatic heterocycles. The zero-order valence-electron chi connectivity index (χ0n) is 11.9. The number of allylic oxidation sites excluding steroid dienone is 1. The van der Waals surface area contributed by atoms with Crippen molar-refractivity contribution in [2.24, 2.45) is 0 Å². The van der Waals surface area contributed by atoms with Crippen molar-refractivity contribution in [3.8, 4) is 0 Å². The summed E-state index contributed by atoms with van der Waals surface area (Å²) in [6.07, 6.45) is 3.54. The molecule has 0 fully saturated rings. The summed E-state index contributed by atoms with van der Waals surface area (Å²) >= 11 is 5.95. The third kappa shape index (κ3) is 2.59. The number of benzene rings is 2. The minimum Gasteiger partial charge on any atom is -0.324 e. The van der Waals surface area contributed by atoms with Gasteiger partial charge in [-0.1, -0.05) is 35.9 Å². The average Bonchev–Trinajstić information content (AvgIpc) is 3.04. The molecule has 3 aromatic rings. The van der Waals surface area contributed by atoms with E-state index in [1.807, 2.05) is 30.3 Å². The Morgan fingerprint density at radius 1 is 1.04 bits per heavy atom. The van der Waals surface area contributed by atoms with Crippen molar-refractivity contribution in [1.29, 1.82) is 0 Å². The van der Waals surface area contributed by atoms with E-state index in [0.29, 0.717) is 11.0 Å².